The van der Waals surface area contributed by atoms with Crippen LogP contribution in [-0.4, -0.2) is 33.7 Å². The molecule has 6 heteroatoms. The third kappa shape index (κ3) is 2.82. The maximum atomic E-state index is 11.8. The van der Waals surface area contributed by atoms with E-state index in [4.69, 9.17) is 0 Å². The number of amides is 2. The lowest BCUT2D eigenvalue weighted by Crippen LogP contribution is -2.34. The molecule has 0 atom stereocenters. The maximum absolute atomic E-state index is 11.8. The minimum absolute atomic E-state index is 0.109. The maximum Gasteiger partial charge on any atom is 0.229 e. The zero-order valence-electron chi connectivity index (χ0n) is 10.3. The minimum atomic E-state index is -0.109. The molecule has 2 amide bonds. The Hall–Kier alpha value is -1.98. The van der Waals surface area contributed by atoms with Crippen molar-refractivity contribution in [3.63, 3.8) is 0 Å². The summed E-state index contributed by atoms with van der Waals surface area (Å²) in [5.74, 6) is 0.270. The van der Waals surface area contributed by atoms with Gasteiger partial charge in [-0.1, -0.05) is 0 Å². The number of nitrogens with zero attached hydrogens (tertiary/aromatic N) is 3. The lowest BCUT2D eigenvalue weighted by molar-refractivity contribution is -0.144. The fourth-order valence-corrected chi connectivity index (χ4v) is 1.90. The lowest BCUT2D eigenvalue weighted by Gasteiger charge is -2.18. The predicted molar refractivity (Wildman–Crippen MR) is 65.6 cm³/mol. The highest BCUT2D eigenvalue weighted by Crippen LogP contribution is 2.15. The Bertz CT molecular complexity index is 443. The van der Waals surface area contributed by atoms with Crippen molar-refractivity contribution in [1.82, 2.24) is 14.9 Å². The van der Waals surface area contributed by atoms with Crippen molar-refractivity contribution in [3.05, 3.63) is 18.0 Å². The first-order valence-electron chi connectivity index (χ1n) is 6.03. The number of likely N-dealkylation sites (tertiary alicyclic amines) is 1. The molecule has 2 heterocycles. The predicted octanol–water partition coefficient (Wildman–Crippen LogP) is 0.947. The Balaban J connectivity index is 2.14. The summed E-state index contributed by atoms with van der Waals surface area (Å²) in [6.07, 6.45) is 4.06. The second-order valence-corrected chi connectivity index (χ2v) is 4.20. The van der Waals surface area contributed by atoms with E-state index >= 15 is 0 Å². The standard InChI is InChI=1S/C12H16N4O2/c1-13-12-14-7-6-9(15-12)8-16-10(17)4-2-3-5-11(16)18/h6-7H,2-5,8H2,1H3,(H,13,14,15). The van der Waals surface area contributed by atoms with E-state index in [-0.39, 0.29) is 18.4 Å². The van der Waals surface area contributed by atoms with Gasteiger partial charge >= 0.3 is 0 Å². The molecule has 1 fully saturated rings. The van der Waals surface area contributed by atoms with Crippen LogP contribution in [0.5, 0.6) is 0 Å². The molecule has 0 unspecified atom stereocenters. The number of rotatable bonds is 3. The molecule has 2 rings (SSSR count). The van der Waals surface area contributed by atoms with Crippen LogP contribution in [0.2, 0.25) is 0 Å². The van der Waals surface area contributed by atoms with Crippen molar-refractivity contribution >= 4 is 17.8 Å². The van der Waals surface area contributed by atoms with Crippen molar-refractivity contribution in [2.24, 2.45) is 0 Å². The highest BCUT2D eigenvalue weighted by atomic mass is 16.2. The van der Waals surface area contributed by atoms with Crippen LogP contribution in [0.25, 0.3) is 0 Å². The monoisotopic (exact) mass is 248 g/mol. The van der Waals surface area contributed by atoms with Gasteiger partial charge in [0.05, 0.1) is 12.2 Å². The fraction of sp³-hybridized carbons (Fsp3) is 0.500. The van der Waals surface area contributed by atoms with Crippen molar-refractivity contribution in [2.75, 3.05) is 12.4 Å². The van der Waals surface area contributed by atoms with Crippen LogP contribution in [0.3, 0.4) is 0 Å². The van der Waals surface area contributed by atoms with E-state index in [1.807, 2.05) is 0 Å². The van der Waals surface area contributed by atoms with Crippen LogP contribution in [0, 0.1) is 0 Å². The smallest absolute Gasteiger partial charge is 0.229 e. The van der Waals surface area contributed by atoms with Crippen molar-refractivity contribution in [2.45, 2.75) is 32.2 Å². The van der Waals surface area contributed by atoms with E-state index in [2.05, 4.69) is 15.3 Å². The van der Waals surface area contributed by atoms with Gasteiger partial charge in [-0.15, -0.1) is 0 Å². The summed E-state index contributed by atoms with van der Waals surface area (Å²) >= 11 is 0. The van der Waals surface area contributed by atoms with E-state index in [0.717, 1.165) is 12.8 Å². The Kier molecular flexibility index (Phi) is 3.86. The number of anilines is 1. The van der Waals surface area contributed by atoms with E-state index < -0.39 is 0 Å². The van der Waals surface area contributed by atoms with Crippen LogP contribution in [0.1, 0.15) is 31.4 Å². The number of carbonyl (C=O) groups is 2. The lowest BCUT2D eigenvalue weighted by atomic mass is 10.2. The molecule has 6 nitrogen and oxygen atoms in total. The molecular formula is C12H16N4O2. The first kappa shape index (κ1) is 12.5. The van der Waals surface area contributed by atoms with Crippen LogP contribution in [0.15, 0.2) is 12.3 Å². The van der Waals surface area contributed by atoms with Gasteiger partial charge in [0, 0.05) is 26.1 Å². The van der Waals surface area contributed by atoms with Gasteiger partial charge in [-0.05, 0) is 18.9 Å². The number of nitrogens with one attached hydrogen (secondary N) is 1. The van der Waals surface area contributed by atoms with Gasteiger partial charge in [0.15, 0.2) is 0 Å². The molecule has 1 aliphatic heterocycles. The summed E-state index contributed by atoms with van der Waals surface area (Å²) < 4.78 is 0. The van der Waals surface area contributed by atoms with E-state index in [1.165, 1.54) is 4.90 Å². The van der Waals surface area contributed by atoms with Gasteiger partial charge in [0.25, 0.3) is 0 Å². The summed E-state index contributed by atoms with van der Waals surface area (Å²) in [5, 5.41) is 2.83. The van der Waals surface area contributed by atoms with E-state index in [9.17, 15) is 9.59 Å². The zero-order valence-corrected chi connectivity index (χ0v) is 10.3. The van der Waals surface area contributed by atoms with Gasteiger partial charge in [0.1, 0.15) is 0 Å². The average molecular weight is 248 g/mol. The number of hydrogen-bond acceptors (Lipinski definition) is 5. The van der Waals surface area contributed by atoms with Gasteiger partial charge in [-0.3, -0.25) is 14.5 Å². The first-order valence-corrected chi connectivity index (χ1v) is 6.03. The third-order valence-electron chi connectivity index (χ3n) is 2.89. The number of imide groups is 1. The van der Waals surface area contributed by atoms with Gasteiger partial charge in [-0.25, -0.2) is 9.97 Å². The Morgan fingerprint density at radius 2 is 1.94 bits per heavy atom. The van der Waals surface area contributed by atoms with Gasteiger partial charge in [0.2, 0.25) is 17.8 Å². The molecule has 0 saturated carbocycles. The summed E-state index contributed by atoms with van der Waals surface area (Å²) in [6, 6.07) is 1.71. The molecule has 96 valence electrons. The molecule has 0 spiro atoms. The van der Waals surface area contributed by atoms with Crippen LogP contribution < -0.4 is 5.32 Å². The molecule has 0 aromatic carbocycles. The molecule has 1 aliphatic rings. The number of hydrogen-bond donors (Lipinski definition) is 1. The second kappa shape index (κ2) is 5.57. The molecule has 0 aliphatic carbocycles. The summed E-state index contributed by atoms with van der Waals surface area (Å²) in [6.45, 7) is 0.231. The normalized spacial score (nSPS) is 16.6. The molecule has 18 heavy (non-hydrogen) atoms. The number of aromatic nitrogens is 2. The second-order valence-electron chi connectivity index (χ2n) is 4.20. The molecular weight excluding hydrogens is 232 g/mol. The van der Waals surface area contributed by atoms with Crippen LogP contribution >= 0.6 is 0 Å². The highest BCUT2D eigenvalue weighted by molar-refractivity contribution is 5.95. The van der Waals surface area contributed by atoms with Crippen LogP contribution in [0.4, 0.5) is 5.95 Å². The van der Waals surface area contributed by atoms with Crippen molar-refractivity contribution in [1.29, 1.82) is 0 Å². The summed E-state index contributed by atoms with van der Waals surface area (Å²) in [7, 11) is 1.72. The largest absolute Gasteiger partial charge is 0.357 e. The first-order chi connectivity index (χ1) is 8.70. The molecule has 0 radical (unpaired) electrons. The Labute approximate surface area is 105 Å². The highest BCUT2D eigenvalue weighted by Gasteiger charge is 2.24. The topological polar surface area (TPSA) is 75.2 Å². The SMILES string of the molecule is CNc1nccc(CN2C(=O)CCCCC2=O)n1. The fourth-order valence-electron chi connectivity index (χ4n) is 1.90. The van der Waals surface area contributed by atoms with E-state index in [0.29, 0.717) is 24.5 Å². The average Bonchev–Trinajstić information content (AvgIpc) is 2.54. The third-order valence-corrected chi connectivity index (χ3v) is 2.89. The summed E-state index contributed by atoms with van der Waals surface area (Å²) in [5.41, 5.74) is 0.665. The zero-order chi connectivity index (χ0) is 13.0. The molecule has 1 N–H and O–H groups in total. The van der Waals surface area contributed by atoms with Crippen molar-refractivity contribution < 1.29 is 9.59 Å². The van der Waals surface area contributed by atoms with Crippen molar-refractivity contribution in [3.8, 4) is 0 Å². The Morgan fingerprint density at radius 1 is 1.28 bits per heavy atom. The molecule has 1 aromatic heterocycles. The molecule has 1 saturated heterocycles. The Morgan fingerprint density at radius 3 is 2.56 bits per heavy atom. The van der Waals surface area contributed by atoms with Gasteiger partial charge < -0.3 is 5.32 Å². The molecule has 1 aromatic rings. The number of carbonyl (C=O) groups excluding carboxylic acids is 2. The van der Waals surface area contributed by atoms with E-state index in [1.54, 1.807) is 19.3 Å². The van der Waals surface area contributed by atoms with Crippen LogP contribution in [-0.2, 0) is 16.1 Å². The quantitative estimate of drug-likeness (QED) is 0.806. The summed E-state index contributed by atoms with van der Waals surface area (Å²) in [4.78, 5) is 33.2. The minimum Gasteiger partial charge on any atom is -0.357 e. The molecule has 0 bridgehead atoms. The van der Waals surface area contributed by atoms with Gasteiger partial charge in [-0.2, -0.15) is 0 Å².